The molecule has 0 amide bonds. The van der Waals surface area contributed by atoms with Gasteiger partial charge in [0.25, 0.3) is 5.69 Å². The normalized spacial score (nSPS) is 10.5. The van der Waals surface area contributed by atoms with Crippen molar-refractivity contribution in [2.45, 2.75) is 0 Å². The zero-order valence-electron chi connectivity index (χ0n) is 6.36. The monoisotopic (exact) mass is 257 g/mol. The molecule has 2 aromatic rings. The molecular weight excluding hydrogens is 254 g/mol. The van der Waals surface area contributed by atoms with Gasteiger partial charge in [0.05, 0.1) is 4.92 Å². The van der Waals surface area contributed by atoms with E-state index in [1.54, 1.807) is 6.07 Å². The minimum absolute atomic E-state index is 0.174. The predicted molar refractivity (Wildman–Crippen MR) is 56.2 cm³/mol. The molecule has 0 aliphatic carbocycles. The first kappa shape index (κ1) is 8.65. The van der Waals surface area contributed by atoms with E-state index in [-0.39, 0.29) is 10.6 Å². The molecule has 0 fully saturated rings. The van der Waals surface area contributed by atoms with Crippen molar-refractivity contribution in [3.63, 3.8) is 0 Å². The Morgan fingerprint density at radius 2 is 2.23 bits per heavy atom. The van der Waals surface area contributed by atoms with Crippen LogP contribution in [0.2, 0.25) is 0 Å². The molecule has 1 aromatic carbocycles. The number of hydrogen-bond acceptors (Lipinski definition) is 3. The number of halogens is 1. The average molecular weight is 258 g/mol. The summed E-state index contributed by atoms with van der Waals surface area (Å²) in [6, 6.07) is 5.08. The molecule has 1 aromatic heterocycles. The third-order valence-electron chi connectivity index (χ3n) is 1.73. The summed E-state index contributed by atoms with van der Waals surface area (Å²) in [6.45, 7) is 0. The van der Waals surface area contributed by atoms with Gasteiger partial charge in [-0.15, -0.1) is 11.3 Å². The molecule has 0 spiro atoms. The zero-order chi connectivity index (χ0) is 9.42. The van der Waals surface area contributed by atoms with E-state index in [2.05, 4.69) is 15.9 Å². The van der Waals surface area contributed by atoms with Gasteiger partial charge < -0.3 is 0 Å². The fourth-order valence-electron chi connectivity index (χ4n) is 1.15. The summed E-state index contributed by atoms with van der Waals surface area (Å²) in [4.78, 5) is 10.3. The number of nitro groups is 1. The quantitative estimate of drug-likeness (QED) is 0.579. The molecule has 66 valence electrons. The molecule has 0 unspecified atom stereocenters. The first-order chi connectivity index (χ1) is 6.20. The van der Waals surface area contributed by atoms with Crippen LogP contribution in [0.15, 0.2) is 28.1 Å². The van der Waals surface area contributed by atoms with Gasteiger partial charge in [0.1, 0.15) is 4.70 Å². The second-order valence-corrected chi connectivity index (χ2v) is 4.23. The van der Waals surface area contributed by atoms with Crippen molar-refractivity contribution in [2.24, 2.45) is 0 Å². The van der Waals surface area contributed by atoms with Gasteiger partial charge in [-0.2, -0.15) is 0 Å². The summed E-state index contributed by atoms with van der Waals surface area (Å²) in [6.07, 6.45) is 0. The van der Waals surface area contributed by atoms with E-state index in [1.165, 1.54) is 17.4 Å². The Morgan fingerprint density at radius 3 is 2.92 bits per heavy atom. The van der Waals surface area contributed by atoms with E-state index >= 15 is 0 Å². The number of nitrogens with zero attached hydrogens (tertiary/aromatic N) is 1. The second kappa shape index (κ2) is 3.08. The van der Waals surface area contributed by atoms with E-state index in [4.69, 9.17) is 0 Å². The van der Waals surface area contributed by atoms with Gasteiger partial charge in [-0.25, -0.2) is 0 Å². The highest BCUT2D eigenvalue weighted by atomic mass is 79.9. The Hall–Kier alpha value is -0.940. The largest absolute Gasteiger partial charge is 0.287 e. The molecule has 1 heterocycles. The first-order valence-corrected chi connectivity index (χ1v) is 5.17. The van der Waals surface area contributed by atoms with Crippen LogP contribution in [0.5, 0.6) is 0 Å². The lowest BCUT2D eigenvalue weighted by molar-refractivity contribution is -0.382. The third kappa shape index (κ3) is 1.34. The van der Waals surface area contributed by atoms with Gasteiger partial charge >= 0.3 is 0 Å². The maximum Gasteiger partial charge on any atom is 0.287 e. The molecule has 5 heteroatoms. The van der Waals surface area contributed by atoms with Crippen molar-refractivity contribution in [3.8, 4) is 0 Å². The Labute approximate surface area is 86.3 Å². The maximum atomic E-state index is 10.6. The highest BCUT2D eigenvalue weighted by Crippen LogP contribution is 2.35. The molecule has 13 heavy (non-hydrogen) atoms. The van der Waals surface area contributed by atoms with Crippen molar-refractivity contribution in [2.75, 3.05) is 0 Å². The summed E-state index contributed by atoms with van der Waals surface area (Å²) in [7, 11) is 0. The van der Waals surface area contributed by atoms with Crippen LogP contribution in [0.25, 0.3) is 10.1 Å². The predicted octanol–water partition coefficient (Wildman–Crippen LogP) is 3.57. The number of hydrogen-bond donors (Lipinski definition) is 0. The van der Waals surface area contributed by atoms with Crippen molar-refractivity contribution >= 4 is 43.0 Å². The molecule has 2 rings (SSSR count). The Balaban J connectivity index is 2.84. The van der Waals surface area contributed by atoms with Crippen LogP contribution in [0.4, 0.5) is 5.69 Å². The van der Waals surface area contributed by atoms with Crippen LogP contribution in [0.1, 0.15) is 0 Å². The summed E-state index contributed by atoms with van der Waals surface area (Å²) in [5.41, 5.74) is 0.174. The minimum Gasteiger partial charge on any atom is -0.258 e. The molecule has 0 saturated carbocycles. The Kier molecular flexibility index (Phi) is 2.05. The standard InChI is InChI=1S/C8H4BrNO2S/c9-6-4-13-8-5(6)2-1-3-7(8)10(11)12/h1-4H. The fraction of sp³-hybridized carbons (Fsp3) is 0. The summed E-state index contributed by atoms with van der Waals surface area (Å²) < 4.78 is 1.63. The molecule has 3 nitrogen and oxygen atoms in total. The van der Waals surface area contributed by atoms with Crippen molar-refractivity contribution < 1.29 is 4.92 Å². The average Bonchev–Trinajstić information content (AvgIpc) is 2.48. The Bertz CT molecular complexity index is 480. The van der Waals surface area contributed by atoms with Crippen LogP contribution in [-0.2, 0) is 0 Å². The van der Waals surface area contributed by atoms with Gasteiger partial charge in [0.15, 0.2) is 0 Å². The summed E-state index contributed by atoms with van der Waals surface area (Å²) >= 11 is 4.72. The molecule has 0 aliphatic rings. The maximum absolute atomic E-state index is 10.6. The summed E-state index contributed by atoms with van der Waals surface area (Å²) in [5, 5.41) is 13.4. The van der Waals surface area contributed by atoms with Crippen LogP contribution in [-0.4, -0.2) is 4.92 Å². The van der Waals surface area contributed by atoms with E-state index in [0.29, 0.717) is 0 Å². The second-order valence-electron chi connectivity index (χ2n) is 2.49. The molecule has 0 bridgehead atoms. The lowest BCUT2D eigenvalue weighted by atomic mass is 10.2. The number of thiophene rings is 1. The van der Waals surface area contributed by atoms with Gasteiger partial charge in [-0.3, -0.25) is 10.1 Å². The smallest absolute Gasteiger partial charge is 0.258 e. The van der Waals surface area contributed by atoms with Gasteiger partial charge in [0.2, 0.25) is 0 Å². The highest BCUT2D eigenvalue weighted by Gasteiger charge is 2.13. The topological polar surface area (TPSA) is 43.1 Å². The van der Waals surface area contributed by atoms with E-state index in [0.717, 1.165) is 14.6 Å². The van der Waals surface area contributed by atoms with Crippen molar-refractivity contribution in [1.82, 2.24) is 0 Å². The summed E-state index contributed by atoms with van der Waals surface area (Å²) in [5.74, 6) is 0. The zero-order valence-corrected chi connectivity index (χ0v) is 8.76. The number of benzene rings is 1. The molecular formula is C8H4BrNO2S. The third-order valence-corrected chi connectivity index (χ3v) is 3.71. The van der Waals surface area contributed by atoms with E-state index in [1.807, 2.05) is 11.4 Å². The van der Waals surface area contributed by atoms with Gasteiger partial charge in [-0.1, -0.05) is 12.1 Å². The molecule has 0 atom stereocenters. The first-order valence-electron chi connectivity index (χ1n) is 3.50. The van der Waals surface area contributed by atoms with Crippen molar-refractivity contribution in [1.29, 1.82) is 0 Å². The van der Waals surface area contributed by atoms with Crippen LogP contribution < -0.4 is 0 Å². The van der Waals surface area contributed by atoms with E-state index in [9.17, 15) is 10.1 Å². The molecule has 0 radical (unpaired) electrons. The number of nitro benzene ring substituents is 1. The van der Waals surface area contributed by atoms with Crippen molar-refractivity contribution in [3.05, 3.63) is 38.2 Å². The number of non-ortho nitro benzene ring substituents is 1. The van der Waals surface area contributed by atoms with E-state index < -0.39 is 0 Å². The SMILES string of the molecule is O=[N+]([O-])c1cccc2c(Br)csc12. The minimum atomic E-state index is -0.356. The van der Waals surface area contributed by atoms with Crippen LogP contribution in [0.3, 0.4) is 0 Å². The molecule has 0 saturated heterocycles. The van der Waals surface area contributed by atoms with Gasteiger partial charge in [0, 0.05) is 21.3 Å². The number of rotatable bonds is 1. The highest BCUT2D eigenvalue weighted by molar-refractivity contribution is 9.10. The lowest BCUT2D eigenvalue weighted by Crippen LogP contribution is -1.86. The number of fused-ring (bicyclic) bond motifs is 1. The fourth-order valence-corrected chi connectivity index (χ4v) is 2.81. The van der Waals surface area contributed by atoms with Crippen LogP contribution >= 0.6 is 27.3 Å². The molecule has 0 N–H and O–H groups in total. The molecule has 0 aliphatic heterocycles. The Morgan fingerprint density at radius 1 is 1.46 bits per heavy atom. The van der Waals surface area contributed by atoms with Gasteiger partial charge in [-0.05, 0) is 15.9 Å². The lowest BCUT2D eigenvalue weighted by Gasteiger charge is -1.92. The van der Waals surface area contributed by atoms with Crippen LogP contribution in [0, 0.1) is 10.1 Å².